The van der Waals surface area contributed by atoms with Gasteiger partial charge in [-0.2, -0.15) is 11.8 Å². The Labute approximate surface area is 104 Å². The number of hydrogen-bond donors (Lipinski definition) is 2. The van der Waals surface area contributed by atoms with E-state index in [1.165, 1.54) is 6.07 Å². The van der Waals surface area contributed by atoms with E-state index in [-0.39, 0.29) is 17.0 Å². The highest BCUT2D eigenvalue weighted by atomic mass is 32.2. The Morgan fingerprint density at radius 2 is 2.12 bits per heavy atom. The fraction of sp³-hybridized carbons (Fsp3) is 0.333. The highest BCUT2D eigenvalue weighted by Crippen LogP contribution is 2.25. The molecular formula is C12H15NO3S. The van der Waals surface area contributed by atoms with Gasteiger partial charge in [-0.3, -0.25) is 4.79 Å². The summed E-state index contributed by atoms with van der Waals surface area (Å²) in [6.45, 7) is 1.93. The summed E-state index contributed by atoms with van der Waals surface area (Å²) >= 11 is 1.63. The first-order valence-corrected chi connectivity index (χ1v) is 6.53. The van der Waals surface area contributed by atoms with Crippen LogP contribution in [0, 0.1) is 0 Å². The van der Waals surface area contributed by atoms with E-state index in [4.69, 9.17) is 5.73 Å². The molecule has 0 aromatic heterocycles. The predicted molar refractivity (Wildman–Crippen MR) is 68.7 cm³/mol. The fourth-order valence-electron chi connectivity index (χ4n) is 1.76. The number of rotatable bonds is 5. The summed E-state index contributed by atoms with van der Waals surface area (Å²) in [5.41, 5.74) is 5.94. The Hall–Kier alpha value is -1.49. The van der Waals surface area contributed by atoms with Gasteiger partial charge in [-0.15, -0.1) is 0 Å². The van der Waals surface area contributed by atoms with Crippen LogP contribution < -0.4 is 5.73 Å². The quantitative estimate of drug-likeness (QED) is 0.840. The van der Waals surface area contributed by atoms with Crippen LogP contribution in [0.2, 0.25) is 0 Å². The van der Waals surface area contributed by atoms with Crippen LogP contribution >= 0.6 is 11.8 Å². The molecule has 4 nitrogen and oxygen atoms in total. The highest BCUT2D eigenvalue weighted by molar-refractivity contribution is 7.98. The summed E-state index contributed by atoms with van der Waals surface area (Å²) in [5, 5.41) is 9.20. The lowest BCUT2D eigenvalue weighted by Gasteiger charge is -2.15. The number of thioether (sulfide) groups is 1. The van der Waals surface area contributed by atoms with Gasteiger partial charge >= 0.3 is 5.97 Å². The van der Waals surface area contributed by atoms with Crippen molar-refractivity contribution in [2.24, 2.45) is 5.73 Å². The van der Waals surface area contributed by atoms with E-state index in [1.807, 2.05) is 13.2 Å². The lowest BCUT2D eigenvalue weighted by atomic mass is 9.93. The van der Waals surface area contributed by atoms with Crippen molar-refractivity contribution in [2.45, 2.75) is 12.8 Å². The number of nitrogens with two attached hydrogens (primary N) is 1. The summed E-state index contributed by atoms with van der Waals surface area (Å²) in [7, 11) is 0. The molecule has 0 bridgehead atoms. The largest absolute Gasteiger partial charge is 0.478 e. The van der Waals surface area contributed by atoms with Crippen LogP contribution in [0.3, 0.4) is 0 Å². The third-order valence-corrected chi connectivity index (χ3v) is 3.36. The molecule has 0 heterocycles. The molecule has 1 aromatic rings. The zero-order valence-corrected chi connectivity index (χ0v) is 10.6. The molecule has 0 aliphatic carbocycles. The Kier molecular flexibility index (Phi) is 4.57. The molecule has 1 atom stereocenters. The van der Waals surface area contributed by atoms with Crippen molar-refractivity contribution < 1.29 is 14.7 Å². The van der Waals surface area contributed by atoms with Crippen molar-refractivity contribution in [3.05, 3.63) is 34.9 Å². The van der Waals surface area contributed by atoms with E-state index in [0.717, 1.165) is 5.75 Å². The van der Waals surface area contributed by atoms with Crippen molar-refractivity contribution in [1.29, 1.82) is 0 Å². The van der Waals surface area contributed by atoms with E-state index in [1.54, 1.807) is 23.9 Å². The number of aromatic carboxylic acids is 1. The van der Waals surface area contributed by atoms with Gasteiger partial charge in [-0.25, -0.2) is 4.79 Å². The van der Waals surface area contributed by atoms with Gasteiger partial charge in [0.1, 0.15) is 0 Å². The average molecular weight is 253 g/mol. The molecule has 1 amide bonds. The maximum atomic E-state index is 11.2. The molecule has 3 N–H and O–H groups in total. The first-order valence-electron chi connectivity index (χ1n) is 5.14. The van der Waals surface area contributed by atoms with Gasteiger partial charge < -0.3 is 10.8 Å². The molecule has 0 spiro atoms. The molecule has 0 aliphatic rings. The van der Waals surface area contributed by atoms with E-state index in [2.05, 4.69) is 0 Å². The minimum Gasteiger partial charge on any atom is -0.478 e. The lowest BCUT2D eigenvalue weighted by Crippen LogP contribution is -2.19. The van der Waals surface area contributed by atoms with Crippen LogP contribution in [-0.4, -0.2) is 29.0 Å². The SMILES string of the molecule is CSCC(C)c1cccc(C(N)=O)c1C(=O)O. The van der Waals surface area contributed by atoms with Crippen LogP contribution in [0.1, 0.15) is 39.1 Å². The third-order valence-electron chi connectivity index (χ3n) is 2.52. The molecule has 5 heteroatoms. The summed E-state index contributed by atoms with van der Waals surface area (Å²) in [4.78, 5) is 22.5. The lowest BCUT2D eigenvalue weighted by molar-refractivity contribution is 0.0690. The van der Waals surface area contributed by atoms with Crippen LogP contribution in [0.4, 0.5) is 0 Å². The van der Waals surface area contributed by atoms with Crippen LogP contribution in [0.15, 0.2) is 18.2 Å². The van der Waals surface area contributed by atoms with Gasteiger partial charge in [0, 0.05) is 0 Å². The number of carbonyl (C=O) groups excluding carboxylic acids is 1. The molecule has 1 rings (SSSR count). The van der Waals surface area contributed by atoms with Gasteiger partial charge in [0.25, 0.3) is 0 Å². The molecule has 1 aromatic carbocycles. The molecule has 0 radical (unpaired) electrons. The number of benzene rings is 1. The smallest absolute Gasteiger partial charge is 0.336 e. The zero-order chi connectivity index (χ0) is 13.0. The maximum Gasteiger partial charge on any atom is 0.336 e. The fourth-order valence-corrected chi connectivity index (χ4v) is 2.44. The zero-order valence-electron chi connectivity index (χ0n) is 9.77. The predicted octanol–water partition coefficient (Wildman–Crippen LogP) is 1.95. The van der Waals surface area contributed by atoms with Gasteiger partial charge in [0.05, 0.1) is 11.1 Å². The maximum absolute atomic E-state index is 11.2. The van der Waals surface area contributed by atoms with E-state index in [0.29, 0.717) is 5.56 Å². The van der Waals surface area contributed by atoms with Crippen molar-refractivity contribution in [1.82, 2.24) is 0 Å². The van der Waals surface area contributed by atoms with Crippen LogP contribution in [-0.2, 0) is 0 Å². The Morgan fingerprint density at radius 3 is 2.59 bits per heavy atom. The number of amides is 1. The summed E-state index contributed by atoms with van der Waals surface area (Å²) in [6, 6.07) is 4.84. The third kappa shape index (κ3) is 3.00. The monoisotopic (exact) mass is 253 g/mol. The molecule has 0 saturated heterocycles. The van der Waals surface area contributed by atoms with Crippen molar-refractivity contribution in [2.75, 3.05) is 12.0 Å². The van der Waals surface area contributed by atoms with Gasteiger partial charge in [-0.05, 0) is 29.6 Å². The summed E-state index contributed by atoms with van der Waals surface area (Å²) < 4.78 is 0. The highest BCUT2D eigenvalue weighted by Gasteiger charge is 2.21. The molecule has 17 heavy (non-hydrogen) atoms. The van der Waals surface area contributed by atoms with Crippen molar-refractivity contribution >= 4 is 23.6 Å². The first-order chi connectivity index (χ1) is 7.99. The summed E-state index contributed by atoms with van der Waals surface area (Å²) in [6.07, 6.45) is 1.95. The second-order valence-electron chi connectivity index (χ2n) is 3.80. The number of carbonyl (C=O) groups is 2. The second kappa shape index (κ2) is 5.72. The van der Waals surface area contributed by atoms with E-state index in [9.17, 15) is 14.7 Å². The van der Waals surface area contributed by atoms with E-state index < -0.39 is 11.9 Å². The standard InChI is InChI=1S/C12H15NO3S/c1-7(6-17-2)8-4-3-5-9(11(13)14)10(8)12(15)16/h3-5,7H,6H2,1-2H3,(H2,13,14)(H,15,16). The number of primary amides is 1. The summed E-state index contributed by atoms with van der Waals surface area (Å²) in [5.74, 6) is -0.957. The molecule has 0 aliphatic heterocycles. The Balaban J connectivity index is 3.34. The molecule has 1 unspecified atom stereocenters. The average Bonchev–Trinajstić information content (AvgIpc) is 2.28. The van der Waals surface area contributed by atoms with Crippen LogP contribution in [0.5, 0.6) is 0 Å². The number of hydrogen-bond acceptors (Lipinski definition) is 3. The topological polar surface area (TPSA) is 80.4 Å². The molecule has 0 fully saturated rings. The number of carboxylic acids is 1. The van der Waals surface area contributed by atoms with Crippen molar-refractivity contribution in [3.8, 4) is 0 Å². The second-order valence-corrected chi connectivity index (χ2v) is 4.71. The molecule has 92 valence electrons. The number of carboxylic acid groups (broad SMARTS) is 1. The Morgan fingerprint density at radius 1 is 1.47 bits per heavy atom. The molecule has 0 saturated carbocycles. The van der Waals surface area contributed by atoms with Gasteiger partial charge in [-0.1, -0.05) is 19.1 Å². The first kappa shape index (κ1) is 13.6. The Bertz CT molecular complexity index is 445. The molecular weight excluding hydrogens is 238 g/mol. The van der Waals surface area contributed by atoms with Crippen molar-refractivity contribution in [3.63, 3.8) is 0 Å². The van der Waals surface area contributed by atoms with Gasteiger partial charge in [0.2, 0.25) is 5.91 Å². The van der Waals surface area contributed by atoms with Gasteiger partial charge in [0.15, 0.2) is 0 Å². The normalized spacial score (nSPS) is 12.1. The van der Waals surface area contributed by atoms with E-state index >= 15 is 0 Å². The minimum atomic E-state index is -1.11. The van der Waals surface area contributed by atoms with Crippen LogP contribution in [0.25, 0.3) is 0 Å². The minimum absolute atomic E-state index is 0.0292.